The molecule has 0 spiro atoms. The summed E-state index contributed by atoms with van der Waals surface area (Å²) >= 11 is 0. The maximum atomic E-state index is 12.2. The molecule has 0 aliphatic carbocycles. The smallest absolute Gasteiger partial charge is 0.248 e. The predicted molar refractivity (Wildman–Crippen MR) is 77.1 cm³/mol. The number of rotatable bonds is 5. The minimum Gasteiger partial charge on any atom is -0.465 e. The Morgan fingerprint density at radius 3 is 2.29 bits per heavy atom. The molecule has 2 rings (SSSR count). The fourth-order valence-electron chi connectivity index (χ4n) is 1.84. The molecule has 0 bridgehead atoms. The molecular formula is C14H16N2O4S. The van der Waals surface area contributed by atoms with Crippen LogP contribution in [0.25, 0.3) is 0 Å². The number of aryl methyl sites for hydroxylation is 1. The SMILES string of the molecule is Cc1ccc(C(C)NS(=O)(=O)c2ccc(C(N)=O)cc2)o1. The Morgan fingerprint density at radius 2 is 1.81 bits per heavy atom. The van der Waals surface area contributed by atoms with E-state index in [-0.39, 0.29) is 10.5 Å². The average molecular weight is 308 g/mol. The molecule has 1 amide bonds. The van der Waals surface area contributed by atoms with Gasteiger partial charge in [0.25, 0.3) is 0 Å². The van der Waals surface area contributed by atoms with Crippen molar-refractivity contribution in [2.24, 2.45) is 5.73 Å². The molecule has 0 saturated carbocycles. The third kappa shape index (κ3) is 3.50. The van der Waals surface area contributed by atoms with Crippen LogP contribution in [-0.4, -0.2) is 14.3 Å². The zero-order chi connectivity index (χ0) is 15.6. The monoisotopic (exact) mass is 308 g/mol. The van der Waals surface area contributed by atoms with Crippen LogP contribution in [0.3, 0.4) is 0 Å². The molecule has 1 aromatic carbocycles. The van der Waals surface area contributed by atoms with E-state index in [1.165, 1.54) is 24.3 Å². The molecule has 7 heteroatoms. The summed E-state index contributed by atoms with van der Waals surface area (Å²) in [5.74, 6) is 0.637. The highest BCUT2D eigenvalue weighted by molar-refractivity contribution is 7.89. The van der Waals surface area contributed by atoms with Crippen LogP contribution in [0.2, 0.25) is 0 Å². The number of benzene rings is 1. The van der Waals surface area contributed by atoms with Crippen LogP contribution in [0.5, 0.6) is 0 Å². The number of primary amides is 1. The summed E-state index contributed by atoms with van der Waals surface area (Å²) in [5.41, 5.74) is 5.37. The van der Waals surface area contributed by atoms with E-state index in [1.807, 2.05) is 0 Å². The van der Waals surface area contributed by atoms with Gasteiger partial charge in [-0.2, -0.15) is 0 Å². The fraction of sp³-hybridized carbons (Fsp3) is 0.214. The van der Waals surface area contributed by atoms with Crippen molar-refractivity contribution in [3.8, 4) is 0 Å². The Balaban J connectivity index is 2.19. The standard InChI is InChI=1S/C14H16N2O4S/c1-9-3-8-13(20-9)10(2)16-21(18,19)12-6-4-11(5-7-12)14(15)17/h3-8,10,16H,1-2H3,(H2,15,17). The summed E-state index contributed by atoms with van der Waals surface area (Å²) in [6.07, 6.45) is 0. The molecule has 21 heavy (non-hydrogen) atoms. The van der Waals surface area contributed by atoms with Gasteiger partial charge in [-0.25, -0.2) is 13.1 Å². The lowest BCUT2D eigenvalue weighted by molar-refractivity contribution is 0.1000. The third-order valence-corrected chi connectivity index (χ3v) is 4.53. The molecule has 0 aliphatic heterocycles. The lowest BCUT2D eigenvalue weighted by Gasteiger charge is -2.12. The van der Waals surface area contributed by atoms with E-state index in [9.17, 15) is 13.2 Å². The van der Waals surface area contributed by atoms with Crippen LogP contribution < -0.4 is 10.5 Å². The number of hydrogen-bond donors (Lipinski definition) is 2. The molecular weight excluding hydrogens is 292 g/mol. The normalized spacial score (nSPS) is 13.0. The van der Waals surface area contributed by atoms with Crippen LogP contribution in [-0.2, 0) is 10.0 Å². The number of hydrogen-bond acceptors (Lipinski definition) is 4. The van der Waals surface area contributed by atoms with Gasteiger partial charge in [-0.15, -0.1) is 0 Å². The van der Waals surface area contributed by atoms with Crippen molar-refractivity contribution in [2.75, 3.05) is 0 Å². The summed E-state index contributed by atoms with van der Waals surface area (Å²) in [7, 11) is -3.70. The minimum absolute atomic E-state index is 0.0580. The van der Waals surface area contributed by atoms with Crippen molar-refractivity contribution >= 4 is 15.9 Å². The van der Waals surface area contributed by atoms with Crippen LogP contribution in [0.15, 0.2) is 45.7 Å². The molecule has 0 aliphatic rings. The van der Waals surface area contributed by atoms with Gasteiger partial charge in [0, 0.05) is 5.56 Å². The number of carbonyl (C=O) groups is 1. The maximum Gasteiger partial charge on any atom is 0.248 e. The number of furan rings is 1. The zero-order valence-corrected chi connectivity index (χ0v) is 12.5. The van der Waals surface area contributed by atoms with E-state index in [0.717, 1.165) is 0 Å². The molecule has 0 radical (unpaired) electrons. The van der Waals surface area contributed by atoms with Gasteiger partial charge >= 0.3 is 0 Å². The van der Waals surface area contributed by atoms with Gasteiger partial charge in [-0.1, -0.05) is 0 Å². The lowest BCUT2D eigenvalue weighted by atomic mass is 10.2. The van der Waals surface area contributed by atoms with Crippen molar-refractivity contribution in [1.29, 1.82) is 0 Å². The van der Waals surface area contributed by atoms with E-state index in [4.69, 9.17) is 10.2 Å². The molecule has 1 heterocycles. The molecule has 3 N–H and O–H groups in total. The van der Waals surface area contributed by atoms with Crippen molar-refractivity contribution in [3.05, 3.63) is 53.5 Å². The summed E-state index contributed by atoms with van der Waals surface area (Å²) in [6, 6.07) is 8.41. The molecule has 0 fully saturated rings. The van der Waals surface area contributed by atoms with Crippen molar-refractivity contribution in [3.63, 3.8) is 0 Å². The molecule has 112 valence electrons. The Labute approximate surface area is 123 Å². The van der Waals surface area contributed by atoms with E-state index in [2.05, 4.69) is 4.72 Å². The second-order valence-corrected chi connectivity index (χ2v) is 6.39. The highest BCUT2D eigenvalue weighted by Crippen LogP contribution is 2.19. The van der Waals surface area contributed by atoms with Crippen LogP contribution in [0.4, 0.5) is 0 Å². The van der Waals surface area contributed by atoms with E-state index in [0.29, 0.717) is 11.5 Å². The number of sulfonamides is 1. The van der Waals surface area contributed by atoms with Gasteiger partial charge in [0.05, 0.1) is 10.9 Å². The van der Waals surface area contributed by atoms with Gasteiger partial charge in [-0.05, 0) is 50.2 Å². The molecule has 0 saturated heterocycles. The number of nitrogens with one attached hydrogen (secondary N) is 1. The van der Waals surface area contributed by atoms with Crippen LogP contribution in [0, 0.1) is 6.92 Å². The molecule has 1 unspecified atom stereocenters. The Hall–Kier alpha value is -2.12. The topological polar surface area (TPSA) is 102 Å². The van der Waals surface area contributed by atoms with Gasteiger partial charge in [0.2, 0.25) is 15.9 Å². The highest BCUT2D eigenvalue weighted by atomic mass is 32.2. The van der Waals surface area contributed by atoms with Gasteiger partial charge in [-0.3, -0.25) is 4.79 Å². The predicted octanol–water partition coefficient (Wildman–Crippen LogP) is 1.73. The van der Waals surface area contributed by atoms with E-state index >= 15 is 0 Å². The minimum atomic E-state index is -3.70. The first kappa shape index (κ1) is 15.3. The second kappa shape index (κ2) is 5.71. The summed E-state index contributed by atoms with van der Waals surface area (Å²) in [5, 5.41) is 0. The molecule has 6 nitrogen and oxygen atoms in total. The number of nitrogens with two attached hydrogens (primary N) is 1. The molecule has 1 atom stereocenters. The van der Waals surface area contributed by atoms with Crippen molar-refractivity contribution < 1.29 is 17.6 Å². The quantitative estimate of drug-likeness (QED) is 0.878. The fourth-order valence-corrected chi connectivity index (χ4v) is 3.06. The van der Waals surface area contributed by atoms with Crippen LogP contribution in [0.1, 0.15) is 34.8 Å². The maximum absolute atomic E-state index is 12.2. The zero-order valence-electron chi connectivity index (χ0n) is 11.7. The average Bonchev–Trinajstić information content (AvgIpc) is 2.85. The third-order valence-electron chi connectivity index (χ3n) is 2.97. The Kier molecular flexibility index (Phi) is 4.15. The second-order valence-electron chi connectivity index (χ2n) is 4.68. The van der Waals surface area contributed by atoms with Gasteiger partial charge < -0.3 is 10.2 Å². The van der Waals surface area contributed by atoms with E-state index < -0.39 is 22.0 Å². The molecule has 1 aromatic heterocycles. The van der Waals surface area contributed by atoms with Crippen molar-refractivity contribution in [1.82, 2.24) is 4.72 Å². The van der Waals surface area contributed by atoms with Gasteiger partial charge in [0.15, 0.2) is 0 Å². The van der Waals surface area contributed by atoms with E-state index in [1.54, 1.807) is 26.0 Å². The first-order chi connectivity index (χ1) is 9.79. The van der Waals surface area contributed by atoms with Crippen molar-refractivity contribution in [2.45, 2.75) is 24.8 Å². The first-order valence-electron chi connectivity index (χ1n) is 6.28. The lowest BCUT2D eigenvalue weighted by Crippen LogP contribution is -2.26. The highest BCUT2D eigenvalue weighted by Gasteiger charge is 2.20. The summed E-state index contributed by atoms with van der Waals surface area (Å²) < 4.78 is 32.4. The first-order valence-corrected chi connectivity index (χ1v) is 7.76. The summed E-state index contributed by atoms with van der Waals surface area (Å²) in [4.78, 5) is 11.0. The number of amides is 1. The number of carbonyl (C=O) groups excluding carboxylic acids is 1. The summed E-state index contributed by atoms with van der Waals surface area (Å²) in [6.45, 7) is 3.47. The Morgan fingerprint density at radius 1 is 1.19 bits per heavy atom. The Bertz CT molecular complexity index is 748. The van der Waals surface area contributed by atoms with Gasteiger partial charge in [0.1, 0.15) is 11.5 Å². The molecule has 2 aromatic rings. The largest absolute Gasteiger partial charge is 0.465 e. The van der Waals surface area contributed by atoms with Crippen LogP contribution >= 0.6 is 0 Å².